The van der Waals surface area contributed by atoms with Crippen LogP contribution in [0.4, 0.5) is 0 Å². The predicted molar refractivity (Wildman–Crippen MR) is 41.1 cm³/mol. The fourth-order valence-electron chi connectivity index (χ4n) is 1.43. The fraction of sp³-hybridized carbons (Fsp3) is 0.875. The second-order valence-electron chi connectivity index (χ2n) is 2.89. The number of isocyanates is 1. The van der Waals surface area contributed by atoms with Gasteiger partial charge in [0.15, 0.2) is 0 Å². The summed E-state index contributed by atoms with van der Waals surface area (Å²) in [7, 11) is 0. The average Bonchev–Trinajstić information content (AvgIpc) is 2.37. The van der Waals surface area contributed by atoms with E-state index in [0.29, 0.717) is 18.6 Å². The van der Waals surface area contributed by atoms with E-state index >= 15 is 0 Å². The van der Waals surface area contributed by atoms with Gasteiger partial charge >= 0.3 is 0 Å². The third kappa shape index (κ3) is 2.45. The highest BCUT2D eigenvalue weighted by Gasteiger charge is 2.23. The maximum Gasteiger partial charge on any atom is 0.234 e. The SMILES string of the molecule is CC1OCCC1CCN=C=O. The lowest BCUT2D eigenvalue weighted by Crippen LogP contribution is -2.11. The Kier molecular flexibility index (Phi) is 3.27. The van der Waals surface area contributed by atoms with E-state index in [0.717, 1.165) is 19.4 Å². The van der Waals surface area contributed by atoms with Crippen molar-refractivity contribution in [1.29, 1.82) is 0 Å². The second kappa shape index (κ2) is 4.27. The smallest absolute Gasteiger partial charge is 0.234 e. The summed E-state index contributed by atoms with van der Waals surface area (Å²) in [5.41, 5.74) is 0. The molecule has 0 aromatic heterocycles. The topological polar surface area (TPSA) is 38.7 Å². The molecule has 1 fully saturated rings. The van der Waals surface area contributed by atoms with Crippen molar-refractivity contribution in [2.24, 2.45) is 10.9 Å². The molecule has 1 rings (SSSR count). The van der Waals surface area contributed by atoms with Gasteiger partial charge in [0.25, 0.3) is 0 Å². The van der Waals surface area contributed by atoms with Crippen LogP contribution >= 0.6 is 0 Å². The maximum absolute atomic E-state index is 9.74. The zero-order chi connectivity index (χ0) is 8.10. The minimum Gasteiger partial charge on any atom is -0.378 e. The van der Waals surface area contributed by atoms with E-state index in [2.05, 4.69) is 11.9 Å². The lowest BCUT2D eigenvalue weighted by atomic mass is 9.99. The van der Waals surface area contributed by atoms with Crippen LogP contribution in [0.5, 0.6) is 0 Å². The normalized spacial score (nSPS) is 29.9. The molecule has 11 heavy (non-hydrogen) atoms. The average molecular weight is 155 g/mol. The Hall–Kier alpha value is -0.660. The summed E-state index contributed by atoms with van der Waals surface area (Å²) in [4.78, 5) is 13.2. The zero-order valence-electron chi connectivity index (χ0n) is 6.75. The van der Waals surface area contributed by atoms with Crippen LogP contribution in [0.2, 0.25) is 0 Å². The van der Waals surface area contributed by atoms with Crippen LogP contribution in [-0.4, -0.2) is 25.3 Å². The Labute approximate surface area is 66.5 Å². The van der Waals surface area contributed by atoms with Gasteiger partial charge in [0, 0.05) is 6.61 Å². The van der Waals surface area contributed by atoms with Crippen molar-refractivity contribution in [3.05, 3.63) is 0 Å². The molecule has 2 atom stereocenters. The van der Waals surface area contributed by atoms with Gasteiger partial charge < -0.3 is 4.74 Å². The summed E-state index contributed by atoms with van der Waals surface area (Å²) in [5, 5.41) is 0. The molecule has 1 saturated heterocycles. The highest BCUT2D eigenvalue weighted by atomic mass is 16.5. The van der Waals surface area contributed by atoms with Gasteiger partial charge in [-0.05, 0) is 25.7 Å². The minimum atomic E-state index is 0.344. The van der Waals surface area contributed by atoms with Gasteiger partial charge in [0.1, 0.15) is 0 Å². The summed E-state index contributed by atoms with van der Waals surface area (Å²) < 4.78 is 5.36. The molecule has 1 aliphatic rings. The first-order valence-electron chi connectivity index (χ1n) is 4.00. The summed E-state index contributed by atoms with van der Waals surface area (Å²) >= 11 is 0. The summed E-state index contributed by atoms with van der Waals surface area (Å²) in [6.07, 6.45) is 3.95. The van der Waals surface area contributed by atoms with Crippen LogP contribution in [0.25, 0.3) is 0 Å². The van der Waals surface area contributed by atoms with Crippen molar-refractivity contribution in [3.63, 3.8) is 0 Å². The van der Waals surface area contributed by atoms with Gasteiger partial charge in [-0.15, -0.1) is 0 Å². The van der Waals surface area contributed by atoms with Crippen LogP contribution in [-0.2, 0) is 9.53 Å². The highest BCUT2D eigenvalue weighted by molar-refractivity contribution is 5.32. The molecule has 1 aliphatic heterocycles. The molecule has 0 spiro atoms. The maximum atomic E-state index is 9.74. The van der Waals surface area contributed by atoms with Crippen molar-refractivity contribution < 1.29 is 9.53 Å². The van der Waals surface area contributed by atoms with E-state index in [1.807, 2.05) is 0 Å². The standard InChI is InChI=1S/C8H13NO2/c1-7-8(3-5-11-7)2-4-9-6-10/h7-8H,2-5H2,1H3. The molecule has 0 saturated carbocycles. The van der Waals surface area contributed by atoms with Crippen LogP contribution < -0.4 is 0 Å². The molecule has 0 aliphatic carbocycles. The number of ether oxygens (including phenoxy) is 1. The van der Waals surface area contributed by atoms with E-state index in [-0.39, 0.29) is 0 Å². The fourth-order valence-corrected chi connectivity index (χ4v) is 1.43. The van der Waals surface area contributed by atoms with E-state index in [1.54, 1.807) is 6.08 Å². The molecule has 0 amide bonds. The largest absolute Gasteiger partial charge is 0.378 e. The Balaban J connectivity index is 2.20. The van der Waals surface area contributed by atoms with Crippen molar-refractivity contribution in [3.8, 4) is 0 Å². The molecule has 0 radical (unpaired) electrons. The van der Waals surface area contributed by atoms with Gasteiger partial charge in [-0.25, -0.2) is 9.79 Å². The van der Waals surface area contributed by atoms with E-state index in [4.69, 9.17) is 4.74 Å². The molecule has 3 nitrogen and oxygen atoms in total. The van der Waals surface area contributed by atoms with Gasteiger partial charge in [0.2, 0.25) is 6.08 Å². The third-order valence-electron chi connectivity index (χ3n) is 2.21. The molecular weight excluding hydrogens is 142 g/mol. The molecule has 62 valence electrons. The van der Waals surface area contributed by atoms with Gasteiger partial charge in [-0.2, -0.15) is 0 Å². The number of aliphatic imine (C=N–C) groups is 1. The van der Waals surface area contributed by atoms with Crippen molar-refractivity contribution >= 4 is 6.08 Å². The lowest BCUT2D eigenvalue weighted by Gasteiger charge is -2.10. The van der Waals surface area contributed by atoms with Crippen molar-refractivity contribution in [1.82, 2.24) is 0 Å². The molecule has 2 unspecified atom stereocenters. The summed E-state index contributed by atoms with van der Waals surface area (Å²) in [6.45, 7) is 3.53. The molecule has 0 N–H and O–H groups in total. The molecule has 1 heterocycles. The number of hydrogen-bond donors (Lipinski definition) is 0. The van der Waals surface area contributed by atoms with E-state index < -0.39 is 0 Å². The first kappa shape index (κ1) is 8.44. The second-order valence-corrected chi connectivity index (χ2v) is 2.89. The Morgan fingerprint density at radius 3 is 3.09 bits per heavy atom. The van der Waals surface area contributed by atoms with Crippen LogP contribution in [0.3, 0.4) is 0 Å². The van der Waals surface area contributed by atoms with Crippen molar-refractivity contribution in [2.45, 2.75) is 25.9 Å². The molecular formula is C8H13NO2. The first-order chi connectivity index (χ1) is 5.34. The number of hydrogen-bond acceptors (Lipinski definition) is 3. The quantitative estimate of drug-likeness (QED) is 0.452. The third-order valence-corrected chi connectivity index (χ3v) is 2.21. The Bertz CT molecular complexity index is 163. The van der Waals surface area contributed by atoms with E-state index in [1.165, 1.54) is 0 Å². The summed E-state index contributed by atoms with van der Waals surface area (Å²) in [6, 6.07) is 0. The molecule has 3 heteroatoms. The highest BCUT2D eigenvalue weighted by Crippen LogP contribution is 2.23. The molecule has 0 aromatic carbocycles. The van der Waals surface area contributed by atoms with Gasteiger partial charge in [-0.1, -0.05) is 0 Å². The Morgan fingerprint density at radius 1 is 1.73 bits per heavy atom. The predicted octanol–water partition coefficient (Wildman–Crippen LogP) is 1.14. The van der Waals surface area contributed by atoms with Gasteiger partial charge in [-0.3, -0.25) is 0 Å². The number of nitrogens with zero attached hydrogens (tertiary/aromatic N) is 1. The Morgan fingerprint density at radius 2 is 2.55 bits per heavy atom. The minimum absolute atomic E-state index is 0.344. The van der Waals surface area contributed by atoms with E-state index in [9.17, 15) is 4.79 Å². The van der Waals surface area contributed by atoms with Crippen LogP contribution in [0.15, 0.2) is 4.99 Å². The number of rotatable bonds is 3. The summed E-state index contributed by atoms with van der Waals surface area (Å²) in [5.74, 6) is 0.590. The number of carbonyl (C=O) groups excluding carboxylic acids is 1. The van der Waals surface area contributed by atoms with Crippen LogP contribution in [0, 0.1) is 5.92 Å². The first-order valence-corrected chi connectivity index (χ1v) is 4.00. The zero-order valence-corrected chi connectivity index (χ0v) is 6.75. The van der Waals surface area contributed by atoms with Gasteiger partial charge in [0.05, 0.1) is 12.6 Å². The molecule has 0 bridgehead atoms. The van der Waals surface area contributed by atoms with Crippen molar-refractivity contribution in [2.75, 3.05) is 13.2 Å². The lowest BCUT2D eigenvalue weighted by molar-refractivity contribution is 0.104. The molecule has 0 aromatic rings. The van der Waals surface area contributed by atoms with Crippen LogP contribution in [0.1, 0.15) is 19.8 Å². The monoisotopic (exact) mass is 155 g/mol.